The molecule has 1 aliphatic rings. The van der Waals surface area contributed by atoms with E-state index < -0.39 is 0 Å². The van der Waals surface area contributed by atoms with Crippen LogP contribution in [0.4, 0.5) is 5.69 Å². The molecule has 0 unspecified atom stereocenters. The largest absolute Gasteiger partial charge is 0.465 e. The van der Waals surface area contributed by atoms with Gasteiger partial charge in [0.25, 0.3) is 5.91 Å². The van der Waals surface area contributed by atoms with Crippen molar-refractivity contribution >= 4 is 39.3 Å². The van der Waals surface area contributed by atoms with Crippen LogP contribution in [0.15, 0.2) is 33.2 Å². The number of amides is 1. The van der Waals surface area contributed by atoms with Gasteiger partial charge in [0, 0.05) is 36.8 Å². The lowest BCUT2D eigenvalue weighted by atomic mass is 10.1. The number of anilines is 1. The number of halogens is 1. The fraction of sp³-hybridized carbons (Fsp3) is 0.389. The number of carbonyl (C=O) groups is 1. The third-order valence-corrected chi connectivity index (χ3v) is 6.01. The Morgan fingerprint density at radius 1 is 1.29 bits per heavy atom. The summed E-state index contributed by atoms with van der Waals surface area (Å²) in [6, 6.07) is 8.08. The Morgan fingerprint density at radius 2 is 2.04 bits per heavy atom. The van der Waals surface area contributed by atoms with E-state index in [1.807, 2.05) is 30.8 Å². The molecule has 1 saturated heterocycles. The van der Waals surface area contributed by atoms with Gasteiger partial charge >= 0.3 is 0 Å². The number of carbonyl (C=O) groups excluding carboxylic acids is 1. The Morgan fingerprint density at radius 3 is 2.71 bits per heavy atom. The highest BCUT2D eigenvalue weighted by molar-refractivity contribution is 9.10. The van der Waals surface area contributed by atoms with Crippen molar-refractivity contribution in [1.29, 1.82) is 0 Å². The third-order valence-electron chi connectivity index (χ3n) is 4.11. The highest BCUT2D eigenvalue weighted by Crippen LogP contribution is 2.28. The Bertz CT molecular complexity index is 739. The van der Waals surface area contributed by atoms with Gasteiger partial charge < -0.3 is 9.73 Å². The molecule has 0 saturated carbocycles. The van der Waals surface area contributed by atoms with Crippen LogP contribution >= 0.6 is 27.7 Å². The first-order chi connectivity index (χ1) is 11.5. The summed E-state index contributed by atoms with van der Waals surface area (Å²) in [5.41, 5.74) is 2.60. The van der Waals surface area contributed by atoms with Crippen molar-refractivity contribution in [3.05, 3.63) is 51.4 Å². The van der Waals surface area contributed by atoms with Crippen molar-refractivity contribution in [3.63, 3.8) is 0 Å². The van der Waals surface area contributed by atoms with Crippen LogP contribution < -0.4 is 5.32 Å². The maximum absolute atomic E-state index is 12.6. The number of benzene rings is 1. The number of hydrogen-bond donors (Lipinski definition) is 1. The van der Waals surface area contributed by atoms with E-state index in [4.69, 9.17) is 4.42 Å². The van der Waals surface area contributed by atoms with Gasteiger partial charge in [0.1, 0.15) is 11.5 Å². The summed E-state index contributed by atoms with van der Waals surface area (Å²) in [7, 11) is 0. The Hall–Kier alpha value is -1.24. The lowest BCUT2D eigenvalue weighted by molar-refractivity contribution is 0.102. The van der Waals surface area contributed by atoms with Gasteiger partial charge in [-0.15, -0.1) is 0 Å². The summed E-state index contributed by atoms with van der Waals surface area (Å²) in [4.78, 5) is 15.0. The second-order valence-corrected chi connectivity index (χ2v) is 7.96. The molecule has 0 bridgehead atoms. The first-order valence-corrected chi connectivity index (χ1v) is 9.95. The fourth-order valence-corrected chi connectivity index (χ4v) is 4.39. The average Bonchev–Trinajstić information content (AvgIpc) is 2.81. The summed E-state index contributed by atoms with van der Waals surface area (Å²) in [5, 5.41) is 2.98. The molecule has 1 aromatic heterocycles. The highest BCUT2D eigenvalue weighted by Gasteiger charge is 2.20. The van der Waals surface area contributed by atoms with Crippen LogP contribution in [0, 0.1) is 13.8 Å². The highest BCUT2D eigenvalue weighted by atomic mass is 79.9. The van der Waals surface area contributed by atoms with Crippen LogP contribution in [0.5, 0.6) is 0 Å². The van der Waals surface area contributed by atoms with E-state index in [1.165, 1.54) is 17.1 Å². The van der Waals surface area contributed by atoms with Crippen molar-refractivity contribution < 1.29 is 9.21 Å². The van der Waals surface area contributed by atoms with E-state index in [0.717, 1.165) is 35.6 Å². The van der Waals surface area contributed by atoms with Crippen molar-refractivity contribution in [1.82, 2.24) is 4.90 Å². The minimum absolute atomic E-state index is 0.150. The minimum Gasteiger partial charge on any atom is -0.465 e. The Kier molecular flexibility index (Phi) is 5.69. The molecule has 1 amide bonds. The second kappa shape index (κ2) is 7.76. The van der Waals surface area contributed by atoms with Gasteiger partial charge in [0.2, 0.25) is 0 Å². The summed E-state index contributed by atoms with van der Waals surface area (Å²) in [6.45, 7) is 6.82. The van der Waals surface area contributed by atoms with E-state index in [-0.39, 0.29) is 5.91 Å². The van der Waals surface area contributed by atoms with Crippen LogP contribution in [-0.4, -0.2) is 35.4 Å². The van der Waals surface area contributed by atoms with Gasteiger partial charge in [-0.1, -0.05) is 12.1 Å². The van der Waals surface area contributed by atoms with Crippen molar-refractivity contribution in [2.45, 2.75) is 20.4 Å². The zero-order valence-corrected chi connectivity index (χ0v) is 16.3. The molecule has 1 aromatic carbocycles. The number of aryl methyl sites for hydroxylation is 2. The molecule has 2 aromatic rings. The summed E-state index contributed by atoms with van der Waals surface area (Å²) in [5.74, 6) is 3.59. The first kappa shape index (κ1) is 17.6. The molecule has 6 heteroatoms. The number of nitrogens with zero attached hydrogens (tertiary/aromatic N) is 1. The monoisotopic (exact) mass is 408 g/mol. The maximum atomic E-state index is 12.6. The topological polar surface area (TPSA) is 45.5 Å². The first-order valence-electron chi connectivity index (χ1n) is 8.00. The van der Waals surface area contributed by atoms with Crippen molar-refractivity contribution in [3.8, 4) is 0 Å². The Balaban J connectivity index is 1.71. The fourth-order valence-electron chi connectivity index (χ4n) is 2.87. The third kappa shape index (κ3) is 4.05. The summed E-state index contributed by atoms with van der Waals surface area (Å²) in [6.07, 6.45) is 0. The van der Waals surface area contributed by atoms with Crippen molar-refractivity contribution in [2.24, 2.45) is 0 Å². The molecular formula is C18H21BrN2O2S. The number of hydrogen-bond acceptors (Lipinski definition) is 4. The predicted molar refractivity (Wildman–Crippen MR) is 103 cm³/mol. The van der Waals surface area contributed by atoms with E-state index in [9.17, 15) is 4.79 Å². The van der Waals surface area contributed by atoms with Crippen LogP contribution in [0.1, 0.15) is 27.4 Å². The molecule has 128 valence electrons. The SMILES string of the molecule is Cc1oc(C)c(C(=O)Nc2cccc(CN3CCSCC3)c2)c1Br. The zero-order chi connectivity index (χ0) is 17.1. The zero-order valence-electron chi connectivity index (χ0n) is 13.9. The van der Waals surface area contributed by atoms with Crippen LogP contribution in [0.25, 0.3) is 0 Å². The van der Waals surface area contributed by atoms with Gasteiger partial charge in [0.15, 0.2) is 0 Å². The average molecular weight is 409 g/mol. The molecule has 4 nitrogen and oxygen atoms in total. The van der Waals surface area contributed by atoms with Gasteiger partial charge in [-0.25, -0.2) is 0 Å². The lowest BCUT2D eigenvalue weighted by Gasteiger charge is -2.26. The second-order valence-electron chi connectivity index (χ2n) is 5.95. The predicted octanol–water partition coefficient (Wildman–Crippen LogP) is 4.46. The molecular weight excluding hydrogens is 388 g/mol. The molecule has 0 spiro atoms. The van der Waals surface area contributed by atoms with Gasteiger partial charge in [-0.2, -0.15) is 11.8 Å². The molecule has 0 radical (unpaired) electrons. The molecule has 1 fully saturated rings. The van der Waals surface area contributed by atoms with Crippen molar-refractivity contribution in [2.75, 3.05) is 29.9 Å². The number of rotatable bonds is 4. The molecule has 3 rings (SSSR count). The Labute approximate surface area is 155 Å². The van der Waals surface area contributed by atoms with Gasteiger partial charge in [0.05, 0.1) is 10.0 Å². The van der Waals surface area contributed by atoms with Crippen LogP contribution in [0.3, 0.4) is 0 Å². The van der Waals surface area contributed by atoms with Crippen LogP contribution in [-0.2, 0) is 6.54 Å². The summed E-state index contributed by atoms with van der Waals surface area (Å²) < 4.78 is 6.23. The van der Waals surface area contributed by atoms with Gasteiger partial charge in [-0.05, 0) is 47.5 Å². The van der Waals surface area contributed by atoms with Crippen LogP contribution in [0.2, 0.25) is 0 Å². The molecule has 2 heterocycles. The number of nitrogens with one attached hydrogen (secondary N) is 1. The smallest absolute Gasteiger partial charge is 0.260 e. The molecule has 24 heavy (non-hydrogen) atoms. The quantitative estimate of drug-likeness (QED) is 0.810. The molecule has 1 aliphatic heterocycles. The van der Waals surface area contributed by atoms with E-state index in [0.29, 0.717) is 11.3 Å². The summed E-state index contributed by atoms with van der Waals surface area (Å²) >= 11 is 5.44. The van der Waals surface area contributed by atoms with E-state index in [2.05, 4.69) is 38.3 Å². The molecule has 0 atom stereocenters. The van der Waals surface area contributed by atoms with E-state index >= 15 is 0 Å². The maximum Gasteiger partial charge on any atom is 0.260 e. The number of furan rings is 1. The molecule has 0 aliphatic carbocycles. The molecule has 1 N–H and O–H groups in total. The van der Waals surface area contributed by atoms with E-state index in [1.54, 1.807) is 6.92 Å². The lowest BCUT2D eigenvalue weighted by Crippen LogP contribution is -2.31. The number of thioether (sulfide) groups is 1. The minimum atomic E-state index is -0.150. The van der Waals surface area contributed by atoms with Gasteiger partial charge in [-0.3, -0.25) is 9.69 Å². The normalized spacial score (nSPS) is 15.5. The standard InChI is InChI=1S/C18H21BrN2O2S/c1-12-16(17(19)13(2)23-12)18(22)20-15-5-3-4-14(10-15)11-21-6-8-24-9-7-21/h3-5,10H,6-9,11H2,1-2H3,(H,20,22).